The molecular formula is C16H27NO4. The molecule has 1 amide bonds. The number of hydrogen-bond donors (Lipinski definition) is 0. The fourth-order valence-corrected chi connectivity index (χ4v) is 3.10. The second-order valence-corrected chi connectivity index (χ2v) is 6.77. The van der Waals surface area contributed by atoms with Crippen LogP contribution in [0.15, 0.2) is 12.7 Å². The van der Waals surface area contributed by atoms with Crippen LogP contribution in [-0.2, 0) is 14.2 Å². The van der Waals surface area contributed by atoms with Gasteiger partial charge in [0, 0.05) is 18.9 Å². The van der Waals surface area contributed by atoms with Crippen LogP contribution >= 0.6 is 0 Å². The summed E-state index contributed by atoms with van der Waals surface area (Å²) < 4.78 is 17.2. The molecule has 0 N–H and O–H groups in total. The molecule has 0 radical (unpaired) electrons. The van der Waals surface area contributed by atoms with Crippen molar-refractivity contribution >= 4 is 6.09 Å². The Kier molecular flexibility index (Phi) is 4.63. The van der Waals surface area contributed by atoms with Crippen molar-refractivity contribution in [3.05, 3.63) is 12.7 Å². The van der Waals surface area contributed by atoms with E-state index in [4.69, 9.17) is 14.2 Å². The molecule has 5 nitrogen and oxygen atoms in total. The van der Waals surface area contributed by atoms with Gasteiger partial charge in [-0.25, -0.2) is 4.79 Å². The van der Waals surface area contributed by atoms with Gasteiger partial charge in [-0.05, 0) is 27.2 Å². The molecule has 21 heavy (non-hydrogen) atoms. The zero-order valence-electron chi connectivity index (χ0n) is 13.6. The first-order valence-electron chi connectivity index (χ1n) is 7.72. The molecule has 2 heterocycles. The number of carbonyl (C=O) groups is 1. The molecule has 0 saturated carbocycles. The second-order valence-electron chi connectivity index (χ2n) is 6.77. The van der Waals surface area contributed by atoms with Gasteiger partial charge in [-0.1, -0.05) is 13.0 Å². The normalized spacial score (nSPS) is 28.7. The molecule has 0 unspecified atom stereocenters. The molecule has 2 atom stereocenters. The summed E-state index contributed by atoms with van der Waals surface area (Å²) in [6, 6.07) is -0.0913. The lowest BCUT2D eigenvalue weighted by molar-refractivity contribution is -0.201. The van der Waals surface area contributed by atoms with Crippen molar-refractivity contribution < 1.29 is 19.0 Å². The van der Waals surface area contributed by atoms with Gasteiger partial charge in [-0.3, -0.25) is 4.90 Å². The van der Waals surface area contributed by atoms with E-state index >= 15 is 0 Å². The van der Waals surface area contributed by atoms with E-state index in [1.165, 1.54) is 0 Å². The lowest BCUT2D eigenvalue weighted by atomic mass is 9.89. The third-order valence-corrected chi connectivity index (χ3v) is 3.98. The minimum absolute atomic E-state index is 0.0368. The molecule has 1 spiro atoms. The highest BCUT2D eigenvalue weighted by atomic mass is 16.7. The Labute approximate surface area is 127 Å². The van der Waals surface area contributed by atoms with Gasteiger partial charge in [0.2, 0.25) is 0 Å². The molecular weight excluding hydrogens is 270 g/mol. The smallest absolute Gasteiger partial charge is 0.411 e. The molecule has 120 valence electrons. The number of piperidine rings is 1. The predicted octanol–water partition coefficient (Wildman–Crippen LogP) is 3.09. The van der Waals surface area contributed by atoms with E-state index in [1.807, 2.05) is 20.8 Å². The van der Waals surface area contributed by atoms with E-state index in [0.717, 1.165) is 6.42 Å². The number of rotatable bonds is 2. The number of nitrogens with zero attached hydrogens (tertiary/aromatic N) is 1. The van der Waals surface area contributed by atoms with Crippen LogP contribution in [-0.4, -0.2) is 47.7 Å². The van der Waals surface area contributed by atoms with Gasteiger partial charge < -0.3 is 14.2 Å². The molecule has 0 aromatic rings. The van der Waals surface area contributed by atoms with Crippen LogP contribution in [0.2, 0.25) is 0 Å². The van der Waals surface area contributed by atoms with E-state index < -0.39 is 11.4 Å². The first-order chi connectivity index (χ1) is 9.80. The van der Waals surface area contributed by atoms with Crippen molar-refractivity contribution in [2.24, 2.45) is 0 Å². The Bertz CT molecular complexity index is 396. The monoisotopic (exact) mass is 297 g/mol. The maximum absolute atomic E-state index is 12.5. The summed E-state index contributed by atoms with van der Waals surface area (Å²) in [5.41, 5.74) is -0.503. The van der Waals surface area contributed by atoms with Gasteiger partial charge in [0.1, 0.15) is 5.60 Å². The van der Waals surface area contributed by atoms with Gasteiger partial charge in [0.25, 0.3) is 0 Å². The summed E-state index contributed by atoms with van der Waals surface area (Å²) in [6.07, 6.45) is 3.64. The highest BCUT2D eigenvalue weighted by Crippen LogP contribution is 2.39. The fourth-order valence-electron chi connectivity index (χ4n) is 3.10. The summed E-state index contributed by atoms with van der Waals surface area (Å²) in [4.78, 5) is 14.3. The maximum Gasteiger partial charge on any atom is 0.411 e. The first-order valence-corrected chi connectivity index (χ1v) is 7.72. The number of carbonyl (C=O) groups excluding carboxylic acids is 1. The molecule has 0 bridgehead atoms. The van der Waals surface area contributed by atoms with Gasteiger partial charge in [-0.15, -0.1) is 6.58 Å². The summed E-state index contributed by atoms with van der Waals surface area (Å²) in [7, 11) is 0. The number of amides is 1. The lowest BCUT2D eigenvalue weighted by Crippen LogP contribution is -2.58. The minimum atomic E-state index is -0.557. The Balaban J connectivity index is 2.19. The third-order valence-electron chi connectivity index (χ3n) is 3.98. The van der Waals surface area contributed by atoms with Crippen molar-refractivity contribution in [2.75, 3.05) is 13.2 Å². The molecule has 0 aliphatic carbocycles. The van der Waals surface area contributed by atoms with Crippen LogP contribution in [0.1, 0.15) is 47.0 Å². The van der Waals surface area contributed by atoms with Crippen molar-refractivity contribution in [2.45, 2.75) is 70.4 Å². The van der Waals surface area contributed by atoms with Crippen LogP contribution in [0.25, 0.3) is 0 Å². The molecule has 0 aromatic carbocycles. The van der Waals surface area contributed by atoms with E-state index in [0.29, 0.717) is 26.1 Å². The minimum Gasteiger partial charge on any atom is -0.444 e. The number of hydrogen-bond acceptors (Lipinski definition) is 4. The topological polar surface area (TPSA) is 48.0 Å². The highest BCUT2D eigenvalue weighted by molar-refractivity contribution is 5.69. The molecule has 2 aliphatic rings. The summed E-state index contributed by atoms with van der Waals surface area (Å²) in [5.74, 6) is -0.557. The lowest BCUT2D eigenvalue weighted by Gasteiger charge is -2.47. The van der Waals surface area contributed by atoms with Crippen molar-refractivity contribution in [3.8, 4) is 0 Å². The molecule has 2 saturated heterocycles. The third kappa shape index (κ3) is 3.58. The van der Waals surface area contributed by atoms with Crippen molar-refractivity contribution in [1.82, 2.24) is 4.90 Å². The van der Waals surface area contributed by atoms with Crippen LogP contribution in [0.4, 0.5) is 4.79 Å². The number of likely N-dealkylation sites (tertiary alicyclic amines) is 1. The van der Waals surface area contributed by atoms with Crippen molar-refractivity contribution in [3.63, 3.8) is 0 Å². The van der Waals surface area contributed by atoms with Gasteiger partial charge in [0.15, 0.2) is 5.79 Å². The summed E-state index contributed by atoms with van der Waals surface area (Å²) >= 11 is 0. The van der Waals surface area contributed by atoms with Crippen LogP contribution < -0.4 is 0 Å². The van der Waals surface area contributed by atoms with E-state index in [9.17, 15) is 4.79 Å². The summed E-state index contributed by atoms with van der Waals surface area (Å²) in [5, 5.41) is 0. The maximum atomic E-state index is 12.5. The average Bonchev–Trinajstić information content (AvgIpc) is 2.83. The Morgan fingerprint density at radius 3 is 2.48 bits per heavy atom. The highest BCUT2D eigenvalue weighted by Gasteiger charge is 2.49. The van der Waals surface area contributed by atoms with Gasteiger partial charge in [-0.2, -0.15) is 0 Å². The van der Waals surface area contributed by atoms with E-state index in [1.54, 1.807) is 11.0 Å². The second kappa shape index (κ2) is 5.97. The fraction of sp³-hybridized carbons (Fsp3) is 0.812. The molecule has 2 aliphatic heterocycles. The largest absolute Gasteiger partial charge is 0.444 e. The predicted molar refractivity (Wildman–Crippen MR) is 80.0 cm³/mol. The van der Waals surface area contributed by atoms with Crippen LogP contribution in [0.5, 0.6) is 0 Å². The molecule has 2 fully saturated rings. The Morgan fingerprint density at radius 1 is 1.38 bits per heavy atom. The van der Waals surface area contributed by atoms with Crippen molar-refractivity contribution in [1.29, 1.82) is 0 Å². The Morgan fingerprint density at radius 2 is 2.00 bits per heavy atom. The van der Waals surface area contributed by atoms with Crippen LogP contribution in [0, 0.1) is 0 Å². The molecule has 2 rings (SSSR count). The molecule has 0 aromatic heterocycles. The zero-order valence-corrected chi connectivity index (χ0v) is 13.6. The standard InChI is InChI=1S/C16H27NO4/c1-6-12-10-16(19-8-9-20-16)11-13(7-2)17(12)14(18)21-15(3,4)5/h6,12-13H,1,7-11H2,2-5H3/t12-,13+/m0/s1. The van der Waals surface area contributed by atoms with Gasteiger partial charge >= 0.3 is 6.09 Å². The van der Waals surface area contributed by atoms with Crippen LogP contribution in [0.3, 0.4) is 0 Å². The molecule has 5 heteroatoms. The Hall–Kier alpha value is -1.07. The summed E-state index contributed by atoms with van der Waals surface area (Å²) in [6.45, 7) is 12.8. The average molecular weight is 297 g/mol. The van der Waals surface area contributed by atoms with E-state index in [2.05, 4.69) is 13.5 Å². The quantitative estimate of drug-likeness (QED) is 0.735. The zero-order chi connectivity index (χ0) is 15.7. The number of ether oxygens (including phenoxy) is 3. The van der Waals surface area contributed by atoms with E-state index in [-0.39, 0.29) is 18.2 Å². The SMILES string of the molecule is C=C[C@H]1CC2(C[C@@H](CC)N1C(=O)OC(C)(C)C)OCCO2. The van der Waals surface area contributed by atoms with Gasteiger partial charge in [0.05, 0.1) is 19.3 Å². The first kappa shape index (κ1) is 16.3.